The topological polar surface area (TPSA) is 63.4 Å². The van der Waals surface area contributed by atoms with Crippen molar-refractivity contribution in [1.82, 2.24) is 4.90 Å². The Balaban J connectivity index is 2.76. The fourth-order valence-corrected chi connectivity index (χ4v) is 1.68. The molecule has 0 saturated carbocycles. The summed E-state index contributed by atoms with van der Waals surface area (Å²) < 4.78 is 26.0. The third-order valence-corrected chi connectivity index (χ3v) is 2.55. The quantitative estimate of drug-likeness (QED) is 0.733. The Kier molecular flexibility index (Phi) is 3.33. The van der Waals surface area contributed by atoms with Crippen LogP contribution in [0.3, 0.4) is 0 Å². The molecule has 1 aliphatic rings. The summed E-state index contributed by atoms with van der Waals surface area (Å²) >= 11 is 0. The number of amides is 2. The van der Waals surface area contributed by atoms with Gasteiger partial charge in [-0.05, 0) is 5.41 Å². The fourth-order valence-electron chi connectivity index (χ4n) is 1.68. The van der Waals surface area contributed by atoms with Gasteiger partial charge in [0, 0.05) is 12.8 Å². The standard InChI is InChI=1S/C10H16F2N2O2/c1-9(2)3-7(15)14(8(16)4-9)6-10(11,12)5-13/h3-6,13H2,1-2H3. The number of carbonyl (C=O) groups is 2. The van der Waals surface area contributed by atoms with E-state index in [2.05, 4.69) is 0 Å². The van der Waals surface area contributed by atoms with Crippen LogP contribution in [0.4, 0.5) is 8.78 Å². The molecule has 0 unspecified atom stereocenters. The molecule has 0 aromatic rings. The lowest BCUT2D eigenvalue weighted by molar-refractivity contribution is -0.158. The van der Waals surface area contributed by atoms with E-state index in [-0.39, 0.29) is 12.8 Å². The molecule has 1 heterocycles. The maximum Gasteiger partial charge on any atom is 0.277 e. The van der Waals surface area contributed by atoms with Gasteiger partial charge in [0.05, 0.1) is 13.1 Å². The Morgan fingerprint density at radius 1 is 1.31 bits per heavy atom. The van der Waals surface area contributed by atoms with Crippen molar-refractivity contribution < 1.29 is 18.4 Å². The van der Waals surface area contributed by atoms with E-state index in [0.29, 0.717) is 4.90 Å². The number of imide groups is 1. The van der Waals surface area contributed by atoms with Crippen molar-refractivity contribution >= 4 is 11.8 Å². The molecule has 0 aromatic carbocycles. The van der Waals surface area contributed by atoms with Crippen molar-refractivity contribution in [2.45, 2.75) is 32.6 Å². The first-order valence-corrected chi connectivity index (χ1v) is 5.08. The number of nitrogens with zero attached hydrogens (tertiary/aromatic N) is 1. The highest BCUT2D eigenvalue weighted by molar-refractivity contribution is 5.98. The molecule has 1 saturated heterocycles. The summed E-state index contributed by atoms with van der Waals surface area (Å²) in [5.41, 5.74) is 4.43. The number of halogens is 2. The van der Waals surface area contributed by atoms with Crippen molar-refractivity contribution in [1.29, 1.82) is 0 Å². The molecule has 0 aromatic heterocycles. The predicted molar refractivity (Wildman–Crippen MR) is 53.7 cm³/mol. The summed E-state index contributed by atoms with van der Waals surface area (Å²) in [4.78, 5) is 23.7. The summed E-state index contributed by atoms with van der Waals surface area (Å²) in [6, 6.07) is 0. The van der Waals surface area contributed by atoms with Crippen LogP contribution in [0.25, 0.3) is 0 Å². The molecular formula is C10H16F2N2O2. The predicted octanol–water partition coefficient (Wildman–Crippen LogP) is 0.756. The van der Waals surface area contributed by atoms with Crippen LogP contribution in [0.2, 0.25) is 0 Å². The van der Waals surface area contributed by atoms with Gasteiger partial charge in [-0.2, -0.15) is 0 Å². The molecule has 0 bridgehead atoms. The molecule has 1 fully saturated rings. The Hall–Kier alpha value is -1.04. The van der Waals surface area contributed by atoms with Crippen molar-refractivity contribution in [3.63, 3.8) is 0 Å². The monoisotopic (exact) mass is 234 g/mol. The highest BCUT2D eigenvalue weighted by Gasteiger charge is 2.42. The summed E-state index contributed by atoms with van der Waals surface area (Å²) in [5, 5.41) is 0. The number of carbonyl (C=O) groups excluding carboxylic acids is 2. The van der Waals surface area contributed by atoms with Gasteiger partial charge in [0.25, 0.3) is 5.92 Å². The summed E-state index contributed by atoms with van der Waals surface area (Å²) in [6.45, 7) is 1.76. The second-order valence-corrected chi connectivity index (χ2v) is 4.95. The van der Waals surface area contributed by atoms with Crippen LogP contribution in [0.5, 0.6) is 0 Å². The number of likely N-dealkylation sites (tertiary alicyclic amines) is 1. The minimum atomic E-state index is -3.20. The zero-order valence-electron chi connectivity index (χ0n) is 9.43. The van der Waals surface area contributed by atoms with Gasteiger partial charge in [0.2, 0.25) is 11.8 Å². The van der Waals surface area contributed by atoms with Gasteiger partial charge in [-0.1, -0.05) is 13.8 Å². The van der Waals surface area contributed by atoms with Gasteiger partial charge in [-0.25, -0.2) is 8.78 Å². The second kappa shape index (κ2) is 4.08. The van der Waals surface area contributed by atoms with Crippen LogP contribution >= 0.6 is 0 Å². The molecule has 0 aliphatic carbocycles. The Morgan fingerprint density at radius 3 is 2.12 bits per heavy atom. The van der Waals surface area contributed by atoms with Crippen LogP contribution in [0, 0.1) is 5.41 Å². The highest BCUT2D eigenvalue weighted by Crippen LogP contribution is 2.32. The first kappa shape index (κ1) is 13.0. The van der Waals surface area contributed by atoms with Crippen LogP contribution in [0.15, 0.2) is 0 Å². The molecule has 2 amide bonds. The molecule has 92 valence electrons. The normalized spacial score (nSPS) is 21.4. The zero-order chi connectivity index (χ0) is 12.6. The lowest BCUT2D eigenvalue weighted by Crippen LogP contribution is -2.52. The number of piperidine rings is 1. The summed E-state index contributed by atoms with van der Waals surface area (Å²) in [7, 11) is 0. The van der Waals surface area contributed by atoms with Crippen molar-refractivity contribution in [2.75, 3.05) is 13.1 Å². The van der Waals surface area contributed by atoms with Crippen LogP contribution in [-0.4, -0.2) is 35.7 Å². The number of hydrogen-bond donors (Lipinski definition) is 1. The maximum absolute atomic E-state index is 13.0. The molecule has 1 aliphatic heterocycles. The van der Waals surface area contributed by atoms with Gasteiger partial charge >= 0.3 is 0 Å². The molecule has 6 heteroatoms. The molecule has 2 N–H and O–H groups in total. The van der Waals surface area contributed by atoms with E-state index in [1.807, 2.05) is 0 Å². The molecular weight excluding hydrogens is 218 g/mol. The number of hydrogen-bond acceptors (Lipinski definition) is 3. The van der Waals surface area contributed by atoms with Gasteiger partial charge < -0.3 is 5.73 Å². The van der Waals surface area contributed by atoms with Crippen LogP contribution in [-0.2, 0) is 9.59 Å². The van der Waals surface area contributed by atoms with Crippen molar-refractivity contribution in [3.8, 4) is 0 Å². The second-order valence-electron chi connectivity index (χ2n) is 4.95. The first-order valence-electron chi connectivity index (χ1n) is 5.08. The molecule has 0 atom stereocenters. The molecule has 16 heavy (non-hydrogen) atoms. The molecule has 1 rings (SSSR count). The van der Waals surface area contributed by atoms with Gasteiger partial charge in [0.1, 0.15) is 0 Å². The minimum Gasteiger partial charge on any atom is -0.325 e. The third kappa shape index (κ3) is 2.98. The van der Waals surface area contributed by atoms with E-state index >= 15 is 0 Å². The Labute approximate surface area is 92.8 Å². The van der Waals surface area contributed by atoms with Gasteiger partial charge in [-0.3, -0.25) is 14.5 Å². The van der Waals surface area contributed by atoms with E-state index < -0.39 is 36.2 Å². The molecule has 0 radical (unpaired) electrons. The largest absolute Gasteiger partial charge is 0.325 e. The summed E-state index contributed by atoms with van der Waals surface area (Å²) in [5.74, 6) is -4.30. The minimum absolute atomic E-state index is 0.111. The number of alkyl halides is 2. The third-order valence-electron chi connectivity index (χ3n) is 2.55. The van der Waals surface area contributed by atoms with Gasteiger partial charge in [0.15, 0.2) is 0 Å². The average Bonchev–Trinajstić information content (AvgIpc) is 2.10. The van der Waals surface area contributed by atoms with Crippen molar-refractivity contribution in [3.05, 3.63) is 0 Å². The van der Waals surface area contributed by atoms with Gasteiger partial charge in [-0.15, -0.1) is 0 Å². The lowest BCUT2D eigenvalue weighted by atomic mass is 9.81. The van der Waals surface area contributed by atoms with Crippen LogP contribution < -0.4 is 5.73 Å². The molecule has 0 spiro atoms. The number of nitrogens with two attached hydrogens (primary N) is 1. The van der Waals surface area contributed by atoms with Crippen LogP contribution in [0.1, 0.15) is 26.7 Å². The SMILES string of the molecule is CC1(C)CC(=O)N(CC(F)(F)CN)C(=O)C1. The lowest BCUT2D eigenvalue weighted by Gasteiger charge is -2.36. The smallest absolute Gasteiger partial charge is 0.277 e. The zero-order valence-corrected chi connectivity index (χ0v) is 9.43. The highest BCUT2D eigenvalue weighted by atomic mass is 19.3. The van der Waals surface area contributed by atoms with E-state index in [9.17, 15) is 18.4 Å². The van der Waals surface area contributed by atoms with Crippen molar-refractivity contribution in [2.24, 2.45) is 11.1 Å². The Morgan fingerprint density at radius 2 is 1.75 bits per heavy atom. The first-order chi connectivity index (χ1) is 7.17. The Bertz CT molecular complexity index is 296. The summed E-state index contributed by atoms with van der Waals surface area (Å²) in [6.07, 6.45) is 0.221. The van der Waals surface area contributed by atoms with E-state index in [1.54, 1.807) is 13.8 Å². The maximum atomic E-state index is 13.0. The van der Waals surface area contributed by atoms with E-state index in [1.165, 1.54) is 0 Å². The van der Waals surface area contributed by atoms with E-state index in [0.717, 1.165) is 0 Å². The van der Waals surface area contributed by atoms with E-state index in [4.69, 9.17) is 5.73 Å². The fraction of sp³-hybridized carbons (Fsp3) is 0.800. The number of rotatable bonds is 3. The average molecular weight is 234 g/mol. The molecule has 4 nitrogen and oxygen atoms in total.